The molecule has 0 aliphatic carbocycles. The Bertz CT molecular complexity index is 280. The van der Waals surface area contributed by atoms with E-state index in [1.807, 2.05) is 0 Å². The minimum absolute atomic E-state index is 0.0236. The molecule has 0 radical (unpaired) electrons. The van der Waals surface area contributed by atoms with Crippen molar-refractivity contribution in [3.05, 3.63) is 28.8 Å². The number of halogens is 2. The van der Waals surface area contributed by atoms with Crippen molar-refractivity contribution in [1.29, 1.82) is 0 Å². The van der Waals surface area contributed by atoms with Crippen LogP contribution in [0, 0.1) is 0 Å². The maximum absolute atomic E-state index is 12.1. The van der Waals surface area contributed by atoms with Crippen LogP contribution in [0.15, 0.2) is 18.2 Å². The molecule has 1 aromatic carbocycles. The predicted molar refractivity (Wildman–Crippen MR) is 46.0 cm³/mol. The summed E-state index contributed by atoms with van der Waals surface area (Å²) in [5, 5.41) is 9.67. The summed E-state index contributed by atoms with van der Waals surface area (Å²) in [4.78, 5) is 0. The molecule has 0 bridgehead atoms. The molecule has 2 nitrogen and oxygen atoms in total. The number of nitrogens with two attached hydrogens (primary N) is 1. The molecule has 0 aliphatic heterocycles. The molecule has 1 unspecified atom stereocenters. The van der Waals surface area contributed by atoms with Crippen LogP contribution in [0.4, 0.5) is 4.39 Å². The zero-order valence-corrected chi connectivity index (χ0v) is 7.05. The number of benzene rings is 1. The number of alkyl halides is 1. The third kappa shape index (κ3) is 1.87. The summed E-state index contributed by atoms with van der Waals surface area (Å²) in [6.07, 6.45) is 0. The summed E-state index contributed by atoms with van der Waals surface area (Å²) in [6.45, 7) is -0.714. The first-order chi connectivity index (χ1) is 5.65. The minimum atomic E-state index is -0.802. The summed E-state index contributed by atoms with van der Waals surface area (Å²) < 4.78 is 12.1. The first-order valence-corrected chi connectivity index (χ1v) is 3.83. The number of hydrogen-bond acceptors (Lipinski definition) is 2. The topological polar surface area (TPSA) is 46.2 Å². The van der Waals surface area contributed by atoms with Crippen molar-refractivity contribution in [3.8, 4) is 5.75 Å². The van der Waals surface area contributed by atoms with Crippen molar-refractivity contribution < 1.29 is 9.50 Å². The van der Waals surface area contributed by atoms with Crippen LogP contribution in [0.2, 0.25) is 5.02 Å². The van der Waals surface area contributed by atoms with Gasteiger partial charge in [0.1, 0.15) is 12.4 Å². The molecule has 1 atom stereocenters. The van der Waals surface area contributed by atoms with E-state index in [2.05, 4.69) is 0 Å². The van der Waals surface area contributed by atoms with Crippen molar-refractivity contribution in [3.63, 3.8) is 0 Å². The number of hydrogen-bond donors (Lipinski definition) is 2. The number of aromatic hydroxyl groups is 1. The average Bonchev–Trinajstić information content (AvgIpc) is 2.08. The van der Waals surface area contributed by atoms with E-state index in [1.54, 1.807) is 0 Å². The molecular weight excluding hydrogens is 181 g/mol. The average molecular weight is 190 g/mol. The lowest BCUT2D eigenvalue weighted by atomic mass is 10.1. The van der Waals surface area contributed by atoms with Crippen LogP contribution in [0.25, 0.3) is 0 Å². The molecule has 0 aromatic heterocycles. The van der Waals surface area contributed by atoms with Gasteiger partial charge in [0.25, 0.3) is 0 Å². The van der Waals surface area contributed by atoms with Crippen molar-refractivity contribution in [2.75, 3.05) is 6.67 Å². The van der Waals surface area contributed by atoms with Gasteiger partial charge in [-0.2, -0.15) is 0 Å². The molecule has 12 heavy (non-hydrogen) atoms. The monoisotopic (exact) mass is 189 g/mol. The van der Waals surface area contributed by atoms with Crippen LogP contribution in [-0.4, -0.2) is 11.8 Å². The van der Waals surface area contributed by atoms with Gasteiger partial charge in [0.2, 0.25) is 0 Å². The van der Waals surface area contributed by atoms with Crippen molar-refractivity contribution in [1.82, 2.24) is 0 Å². The maximum atomic E-state index is 12.1. The lowest BCUT2D eigenvalue weighted by Gasteiger charge is -2.09. The van der Waals surface area contributed by atoms with Gasteiger partial charge in [0, 0.05) is 10.6 Å². The Morgan fingerprint density at radius 3 is 2.83 bits per heavy atom. The van der Waals surface area contributed by atoms with Gasteiger partial charge in [-0.15, -0.1) is 0 Å². The SMILES string of the molecule is NC(CF)c1cc(Cl)ccc1O. The maximum Gasteiger partial charge on any atom is 0.120 e. The highest BCUT2D eigenvalue weighted by molar-refractivity contribution is 6.30. The molecule has 0 spiro atoms. The minimum Gasteiger partial charge on any atom is -0.508 e. The quantitative estimate of drug-likeness (QED) is 0.748. The van der Waals surface area contributed by atoms with Crippen molar-refractivity contribution >= 4 is 11.6 Å². The number of rotatable bonds is 2. The lowest BCUT2D eigenvalue weighted by Crippen LogP contribution is -2.12. The molecule has 0 fully saturated rings. The van der Waals surface area contributed by atoms with Gasteiger partial charge >= 0.3 is 0 Å². The molecule has 0 heterocycles. The predicted octanol–water partition coefficient (Wildman–Crippen LogP) is 2.01. The highest BCUT2D eigenvalue weighted by Crippen LogP contribution is 2.26. The van der Waals surface area contributed by atoms with Crippen LogP contribution in [-0.2, 0) is 0 Å². The Labute approximate surface area is 74.8 Å². The zero-order valence-electron chi connectivity index (χ0n) is 6.30. The summed E-state index contributed by atoms with van der Waals surface area (Å²) in [6, 6.07) is 3.57. The van der Waals surface area contributed by atoms with Gasteiger partial charge in [-0.3, -0.25) is 0 Å². The fourth-order valence-corrected chi connectivity index (χ4v) is 1.09. The van der Waals surface area contributed by atoms with Gasteiger partial charge < -0.3 is 10.8 Å². The molecule has 66 valence electrons. The van der Waals surface area contributed by atoms with Crippen LogP contribution < -0.4 is 5.73 Å². The second-order valence-corrected chi connectivity index (χ2v) is 2.90. The van der Waals surface area contributed by atoms with Gasteiger partial charge in [-0.1, -0.05) is 11.6 Å². The molecule has 0 aliphatic rings. The van der Waals surface area contributed by atoms with Crippen LogP contribution in [0.5, 0.6) is 5.75 Å². The van der Waals surface area contributed by atoms with E-state index in [-0.39, 0.29) is 5.75 Å². The van der Waals surface area contributed by atoms with E-state index < -0.39 is 12.7 Å². The van der Waals surface area contributed by atoms with Crippen molar-refractivity contribution in [2.24, 2.45) is 5.73 Å². The van der Waals surface area contributed by atoms with Gasteiger partial charge in [0.05, 0.1) is 6.04 Å². The Balaban J connectivity index is 3.04. The molecule has 0 saturated carbocycles. The molecule has 3 N–H and O–H groups in total. The van der Waals surface area contributed by atoms with Crippen LogP contribution >= 0.6 is 11.6 Å². The Hall–Kier alpha value is -0.800. The molecule has 0 amide bonds. The fourth-order valence-electron chi connectivity index (χ4n) is 0.905. The van der Waals surface area contributed by atoms with Gasteiger partial charge in [0.15, 0.2) is 0 Å². The molecule has 1 rings (SSSR count). The van der Waals surface area contributed by atoms with Gasteiger partial charge in [-0.25, -0.2) is 4.39 Å². The van der Waals surface area contributed by atoms with Gasteiger partial charge in [-0.05, 0) is 18.2 Å². The smallest absolute Gasteiger partial charge is 0.120 e. The summed E-state index contributed by atoms with van der Waals surface area (Å²) in [5.41, 5.74) is 5.71. The van der Waals surface area contributed by atoms with E-state index in [4.69, 9.17) is 17.3 Å². The largest absolute Gasteiger partial charge is 0.508 e. The third-order valence-corrected chi connectivity index (χ3v) is 1.79. The highest BCUT2D eigenvalue weighted by atomic mass is 35.5. The third-order valence-electron chi connectivity index (χ3n) is 1.56. The van der Waals surface area contributed by atoms with E-state index in [1.165, 1.54) is 18.2 Å². The van der Waals surface area contributed by atoms with E-state index in [0.717, 1.165) is 0 Å². The standard InChI is InChI=1S/C8H9ClFNO/c9-5-1-2-8(12)6(3-5)7(11)4-10/h1-3,7,12H,4,11H2. The molecule has 0 saturated heterocycles. The summed E-state index contributed by atoms with van der Waals surface area (Å²) in [5.74, 6) is -0.0236. The molecular formula is C8H9ClFNO. The van der Waals surface area contributed by atoms with E-state index in [9.17, 15) is 9.50 Å². The van der Waals surface area contributed by atoms with E-state index in [0.29, 0.717) is 10.6 Å². The summed E-state index contributed by atoms with van der Waals surface area (Å²) >= 11 is 5.63. The number of phenols is 1. The van der Waals surface area contributed by atoms with Crippen LogP contribution in [0.3, 0.4) is 0 Å². The Morgan fingerprint density at radius 1 is 1.58 bits per heavy atom. The zero-order chi connectivity index (χ0) is 9.14. The second kappa shape index (κ2) is 3.74. The second-order valence-electron chi connectivity index (χ2n) is 2.46. The first kappa shape index (κ1) is 9.29. The highest BCUT2D eigenvalue weighted by Gasteiger charge is 2.10. The fraction of sp³-hybridized carbons (Fsp3) is 0.250. The Kier molecular flexibility index (Phi) is 2.89. The molecule has 4 heteroatoms. The van der Waals surface area contributed by atoms with E-state index >= 15 is 0 Å². The Morgan fingerprint density at radius 2 is 2.25 bits per heavy atom. The summed E-state index contributed by atoms with van der Waals surface area (Å²) in [7, 11) is 0. The normalized spacial score (nSPS) is 12.9. The first-order valence-electron chi connectivity index (χ1n) is 3.45. The van der Waals surface area contributed by atoms with Crippen LogP contribution in [0.1, 0.15) is 11.6 Å². The van der Waals surface area contributed by atoms with Crippen molar-refractivity contribution in [2.45, 2.75) is 6.04 Å². The molecule has 1 aromatic rings. The number of phenolic OH excluding ortho intramolecular Hbond substituents is 1. The lowest BCUT2D eigenvalue weighted by molar-refractivity contribution is 0.414.